The lowest BCUT2D eigenvalue weighted by molar-refractivity contribution is -0.134. The van der Waals surface area contributed by atoms with E-state index in [1.807, 2.05) is 38.1 Å². The Hall–Kier alpha value is -4.93. The van der Waals surface area contributed by atoms with Gasteiger partial charge in [-0.1, -0.05) is 31.2 Å². The average molecular weight is 696 g/mol. The lowest BCUT2D eigenvalue weighted by Crippen LogP contribution is -2.58. The summed E-state index contributed by atoms with van der Waals surface area (Å²) >= 11 is 1.24. The molecule has 0 aliphatic carbocycles. The van der Waals surface area contributed by atoms with Crippen LogP contribution in [0, 0.1) is 5.92 Å². The van der Waals surface area contributed by atoms with Crippen LogP contribution in [-0.4, -0.2) is 86.1 Å². The smallest absolute Gasteiger partial charge is 0.243 e. The number of hydrogen-bond acceptors (Lipinski definition) is 10. The van der Waals surface area contributed by atoms with E-state index in [0.29, 0.717) is 37.0 Å². The Balaban J connectivity index is 1.59. The molecule has 4 rings (SSSR count). The van der Waals surface area contributed by atoms with Crippen molar-refractivity contribution < 1.29 is 24.0 Å². The third kappa shape index (κ3) is 11.1. The van der Waals surface area contributed by atoms with E-state index in [1.54, 1.807) is 10.9 Å². The highest BCUT2D eigenvalue weighted by atomic mass is 32.1. The minimum Gasteiger partial charge on any atom is -0.370 e. The summed E-state index contributed by atoms with van der Waals surface area (Å²) in [5.74, 6) is -2.52. The van der Waals surface area contributed by atoms with Crippen LogP contribution in [0.1, 0.15) is 74.8 Å². The predicted octanol–water partition coefficient (Wildman–Crippen LogP) is 0.556. The zero-order valence-electron chi connectivity index (χ0n) is 28.0. The number of fused-ring (bicyclic) bond motifs is 3. The van der Waals surface area contributed by atoms with E-state index < -0.39 is 47.8 Å². The van der Waals surface area contributed by atoms with Gasteiger partial charge in [0, 0.05) is 32.6 Å². The number of rotatable bonds is 11. The molecule has 0 fully saturated rings. The monoisotopic (exact) mass is 695 g/mol. The van der Waals surface area contributed by atoms with Crippen molar-refractivity contribution in [1.29, 1.82) is 0 Å². The first-order valence-corrected chi connectivity index (χ1v) is 17.2. The van der Waals surface area contributed by atoms with Crippen molar-refractivity contribution in [2.45, 2.75) is 96.4 Å². The van der Waals surface area contributed by atoms with Crippen LogP contribution in [-0.2, 0) is 32.1 Å². The Bertz CT molecular complexity index is 1630. The molecule has 264 valence electrons. The number of guanidine groups is 1. The highest BCUT2D eigenvalue weighted by Gasteiger charge is 2.33. The molecule has 4 atom stereocenters. The quantitative estimate of drug-likeness (QED) is 0.0705. The second-order valence-corrected chi connectivity index (χ2v) is 13.6. The zero-order valence-corrected chi connectivity index (χ0v) is 28.8. The molecule has 3 unspecified atom stereocenters. The molecule has 3 heterocycles. The molecule has 2 aromatic heterocycles. The third-order valence-corrected chi connectivity index (χ3v) is 8.93. The Kier molecular flexibility index (Phi) is 13.1. The van der Waals surface area contributed by atoms with Crippen molar-refractivity contribution in [3.05, 3.63) is 41.2 Å². The molecule has 2 bridgehead atoms. The first-order chi connectivity index (χ1) is 23.4. The largest absolute Gasteiger partial charge is 0.370 e. The van der Waals surface area contributed by atoms with Gasteiger partial charge in [0.15, 0.2) is 11.0 Å². The number of para-hydroxylation sites is 1. The molecular weight excluding hydrogens is 650 g/mol. The number of Topliss-reactive ketones (excluding diaryl/α,β-unsaturated/α-hetero) is 1. The van der Waals surface area contributed by atoms with Crippen LogP contribution >= 0.6 is 11.3 Å². The maximum Gasteiger partial charge on any atom is 0.243 e. The van der Waals surface area contributed by atoms with Crippen LogP contribution in [0.15, 0.2) is 35.5 Å². The van der Waals surface area contributed by atoms with E-state index >= 15 is 0 Å². The van der Waals surface area contributed by atoms with Crippen molar-refractivity contribution in [3.63, 3.8) is 0 Å². The van der Waals surface area contributed by atoms with Crippen LogP contribution in [0.2, 0.25) is 0 Å². The van der Waals surface area contributed by atoms with Crippen molar-refractivity contribution >= 4 is 56.9 Å². The van der Waals surface area contributed by atoms with E-state index in [-0.39, 0.29) is 54.9 Å². The first-order valence-electron chi connectivity index (χ1n) is 16.4. The standard InChI is InChI=1S/C32H45N11O5S/c1-18(2)15-24-29(47)38-23(10-6-7-14-43-17-20(41-42-43)16-25(30(48)39-24)36-19(3)44)28(46)37-22(11-8-13-35-32(33)34)27(45)31-40-21-9-4-5-12-26(21)49-31/h4-5,9,12,17-18,22-25H,6-8,10-11,13-16H2,1-3H3,(H,36,44)(H,37,46)(H,38,47)(H,39,48)(H4,33,34,35)/t22-,23?,24?,25?/m0/s1. The highest BCUT2D eigenvalue weighted by Crippen LogP contribution is 2.23. The van der Waals surface area contributed by atoms with E-state index in [2.05, 4.69) is 41.6 Å². The molecule has 0 spiro atoms. The summed E-state index contributed by atoms with van der Waals surface area (Å²) in [4.78, 5) is 75.4. The van der Waals surface area contributed by atoms with Gasteiger partial charge in [-0.25, -0.2) is 4.98 Å². The maximum absolute atomic E-state index is 13.9. The molecule has 49 heavy (non-hydrogen) atoms. The van der Waals surface area contributed by atoms with Gasteiger partial charge in [0.1, 0.15) is 18.1 Å². The molecule has 16 nitrogen and oxygen atoms in total. The minimum absolute atomic E-state index is 0.00514. The minimum atomic E-state index is -1.02. The number of nitrogens with zero attached hydrogens (tertiary/aromatic N) is 5. The summed E-state index contributed by atoms with van der Waals surface area (Å²) < 4.78 is 2.47. The fraction of sp³-hybridized carbons (Fsp3) is 0.531. The topological polar surface area (TPSA) is 241 Å². The molecule has 17 heteroatoms. The average Bonchev–Trinajstić information content (AvgIpc) is 3.68. The van der Waals surface area contributed by atoms with Crippen molar-refractivity contribution in [2.24, 2.45) is 22.4 Å². The number of carbonyl (C=O) groups excluding carboxylic acids is 5. The lowest BCUT2D eigenvalue weighted by atomic mass is 10.0. The molecule has 3 aromatic rings. The van der Waals surface area contributed by atoms with Gasteiger partial charge in [-0.05, 0) is 56.6 Å². The summed E-state index contributed by atoms with van der Waals surface area (Å²) in [6, 6.07) is 3.39. The van der Waals surface area contributed by atoms with E-state index in [4.69, 9.17) is 11.5 Å². The zero-order chi connectivity index (χ0) is 35.5. The normalized spacial score (nSPS) is 19.6. The Morgan fingerprint density at radius 2 is 1.90 bits per heavy atom. The Morgan fingerprint density at radius 1 is 1.12 bits per heavy atom. The summed E-state index contributed by atoms with van der Waals surface area (Å²) in [7, 11) is 0. The summed E-state index contributed by atoms with van der Waals surface area (Å²) in [6.45, 7) is 5.84. The number of thiazole rings is 1. The Labute approximate surface area is 288 Å². The van der Waals surface area contributed by atoms with Gasteiger partial charge in [0.2, 0.25) is 29.4 Å². The van der Waals surface area contributed by atoms with Gasteiger partial charge < -0.3 is 32.7 Å². The van der Waals surface area contributed by atoms with Gasteiger partial charge >= 0.3 is 0 Å². The van der Waals surface area contributed by atoms with Crippen LogP contribution in [0.25, 0.3) is 10.2 Å². The molecule has 0 saturated heterocycles. The van der Waals surface area contributed by atoms with Crippen LogP contribution in [0.4, 0.5) is 0 Å². The van der Waals surface area contributed by atoms with Crippen LogP contribution < -0.4 is 32.7 Å². The second kappa shape index (κ2) is 17.5. The SMILES string of the molecule is CC(=O)NC1Cc2cn(nn2)CCCCC(C(=O)N[C@@H](CCCN=C(N)N)C(=O)c2nc3ccccc3s2)NC(=O)C(CC(C)C)NC1=O. The number of benzene rings is 1. The number of aromatic nitrogens is 4. The number of aliphatic imine (C=N–C) groups is 1. The molecule has 4 amide bonds. The van der Waals surface area contributed by atoms with Crippen molar-refractivity contribution in [1.82, 2.24) is 41.2 Å². The van der Waals surface area contributed by atoms with Gasteiger partial charge in [0.25, 0.3) is 0 Å². The first kappa shape index (κ1) is 36.9. The number of aryl methyl sites for hydroxylation is 1. The molecule has 1 aromatic carbocycles. The van der Waals surface area contributed by atoms with E-state index in [9.17, 15) is 24.0 Å². The molecule has 0 saturated carbocycles. The van der Waals surface area contributed by atoms with Gasteiger partial charge in [-0.3, -0.25) is 33.6 Å². The van der Waals surface area contributed by atoms with Gasteiger partial charge in [-0.15, -0.1) is 16.4 Å². The predicted molar refractivity (Wildman–Crippen MR) is 184 cm³/mol. The molecule has 1 aliphatic rings. The Morgan fingerprint density at radius 3 is 2.61 bits per heavy atom. The summed E-state index contributed by atoms with van der Waals surface area (Å²) in [6.07, 6.45) is 4.09. The highest BCUT2D eigenvalue weighted by molar-refractivity contribution is 7.20. The number of carbonyl (C=O) groups is 5. The van der Waals surface area contributed by atoms with Crippen LogP contribution in [0.3, 0.4) is 0 Å². The summed E-state index contributed by atoms with van der Waals surface area (Å²) in [5.41, 5.74) is 12.1. The van der Waals surface area contributed by atoms with E-state index in [1.165, 1.54) is 18.3 Å². The maximum atomic E-state index is 13.9. The van der Waals surface area contributed by atoms with Crippen molar-refractivity contribution in [3.8, 4) is 0 Å². The molecule has 8 N–H and O–H groups in total. The fourth-order valence-electron chi connectivity index (χ4n) is 5.52. The number of nitrogens with one attached hydrogen (secondary N) is 4. The third-order valence-electron chi connectivity index (χ3n) is 7.88. The molecule has 0 radical (unpaired) electrons. The number of amides is 4. The van der Waals surface area contributed by atoms with E-state index in [0.717, 1.165) is 4.70 Å². The fourth-order valence-corrected chi connectivity index (χ4v) is 6.48. The molecule has 1 aliphatic heterocycles. The number of hydrogen-bond donors (Lipinski definition) is 6. The number of ketones is 1. The molecular formula is C32H45N11O5S. The lowest BCUT2D eigenvalue weighted by Gasteiger charge is -2.27. The van der Waals surface area contributed by atoms with Gasteiger partial charge in [0.05, 0.1) is 22.0 Å². The van der Waals surface area contributed by atoms with Crippen molar-refractivity contribution in [2.75, 3.05) is 6.54 Å². The van der Waals surface area contributed by atoms with Gasteiger partial charge in [-0.2, -0.15) is 0 Å². The van der Waals surface area contributed by atoms with Crippen LogP contribution in [0.5, 0.6) is 0 Å². The second-order valence-electron chi connectivity index (χ2n) is 12.5. The number of nitrogens with two attached hydrogens (primary N) is 2. The summed E-state index contributed by atoms with van der Waals surface area (Å²) in [5, 5.41) is 19.7.